The molecule has 0 fully saturated rings. The Morgan fingerprint density at radius 1 is 1.32 bits per heavy atom. The summed E-state index contributed by atoms with van der Waals surface area (Å²) in [6.45, 7) is 4.04. The van der Waals surface area contributed by atoms with Gasteiger partial charge in [-0.3, -0.25) is 4.79 Å². The maximum absolute atomic E-state index is 12.3. The molecule has 1 N–H and O–H groups in total. The number of carbonyl (C=O) groups is 1. The smallest absolute Gasteiger partial charge is 0.251 e. The van der Waals surface area contributed by atoms with E-state index in [0.29, 0.717) is 5.56 Å². The second-order valence-electron chi connectivity index (χ2n) is 4.89. The van der Waals surface area contributed by atoms with Crippen LogP contribution >= 0.6 is 27.3 Å². The lowest BCUT2D eigenvalue weighted by molar-refractivity contribution is 0.0913. The Hall–Kier alpha value is -1.13. The summed E-state index contributed by atoms with van der Waals surface area (Å²) in [5.41, 5.74) is 1.44. The Labute approximate surface area is 126 Å². The Morgan fingerprint density at radius 2 is 2.11 bits per heavy atom. The fraction of sp³-hybridized carbons (Fsp3) is 0.267. The summed E-state index contributed by atoms with van der Waals surface area (Å²) in [6.07, 6.45) is 0. The van der Waals surface area contributed by atoms with Crippen LogP contribution < -0.4 is 5.32 Å². The highest BCUT2D eigenvalue weighted by atomic mass is 79.9. The minimum atomic E-state index is -0.352. The van der Waals surface area contributed by atoms with Gasteiger partial charge >= 0.3 is 0 Å². The van der Waals surface area contributed by atoms with E-state index in [0.717, 1.165) is 15.8 Å². The van der Waals surface area contributed by atoms with E-state index in [1.54, 1.807) is 11.3 Å². The molecule has 1 aromatic carbocycles. The van der Waals surface area contributed by atoms with Crippen molar-refractivity contribution in [3.05, 3.63) is 57.8 Å². The number of hydrogen-bond donors (Lipinski definition) is 1. The third-order valence-corrected chi connectivity index (χ3v) is 4.75. The molecule has 0 aliphatic heterocycles. The van der Waals surface area contributed by atoms with Gasteiger partial charge in [0.15, 0.2) is 0 Å². The highest BCUT2D eigenvalue weighted by Crippen LogP contribution is 2.25. The van der Waals surface area contributed by atoms with Crippen LogP contribution in [0.2, 0.25) is 0 Å². The monoisotopic (exact) mass is 337 g/mol. The average molecular weight is 338 g/mol. The fourth-order valence-electron chi connectivity index (χ4n) is 1.85. The molecule has 0 spiro atoms. The summed E-state index contributed by atoms with van der Waals surface area (Å²) < 4.78 is 0. The van der Waals surface area contributed by atoms with Crippen LogP contribution in [0.4, 0.5) is 0 Å². The molecule has 1 heterocycles. The second-order valence-corrected chi connectivity index (χ2v) is 6.40. The van der Waals surface area contributed by atoms with E-state index >= 15 is 0 Å². The van der Waals surface area contributed by atoms with Crippen molar-refractivity contribution in [2.24, 2.45) is 0 Å². The summed E-state index contributed by atoms with van der Waals surface area (Å²) in [7, 11) is 0. The van der Waals surface area contributed by atoms with Gasteiger partial charge in [-0.2, -0.15) is 0 Å². The number of nitrogens with one attached hydrogen (secondary N) is 1. The van der Waals surface area contributed by atoms with Gasteiger partial charge in [-0.15, -0.1) is 11.3 Å². The molecule has 100 valence electrons. The topological polar surface area (TPSA) is 29.1 Å². The predicted octanol–water partition coefficient (Wildman–Crippen LogP) is 4.31. The molecule has 0 radical (unpaired) electrons. The number of halogens is 1. The van der Waals surface area contributed by atoms with Crippen LogP contribution in [0.5, 0.6) is 0 Å². The summed E-state index contributed by atoms with van der Waals surface area (Å²) in [6, 6.07) is 11.7. The van der Waals surface area contributed by atoms with Gasteiger partial charge in [-0.25, -0.2) is 0 Å². The van der Waals surface area contributed by atoms with Gasteiger partial charge < -0.3 is 5.32 Å². The van der Waals surface area contributed by atoms with Crippen molar-refractivity contribution in [1.29, 1.82) is 0 Å². The molecule has 0 unspecified atom stereocenters. The number of thiophene rings is 1. The van der Waals surface area contributed by atoms with Crippen molar-refractivity contribution in [2.45, 2.75) is 24.7 Å². The molecule has 19 heavy (non-hydrogen) atoms. The third kappa shape index (κ3) is 3.45. The SMILES string of the molecule is CC(C)(NC(=O)c1cccc(CBr)c1)c1cccs1. The zero-order chi connectivity index (χ0) is 13.9. The number of alkyl halides is 1. The van der Waals surface area contributed by atoms with Crippen molar-refractivity contribution in [2.75, 3.05) is 0 Å². The first-order valence-electron chi connectivity index (χ1n) is 6.04. The van der Waals surface area contributed by atoms with E-state index in [4.69, 9.17) is 0 Å². The minimum absolute atomic E-state index is 0.0406. The first-order valence-corrected chi connectivity index (χ1v) is 8.04. The van der Waals surface area contributed by atoms with Gasteiger partial charge in [0.25, 0.3) is 5.91 Å². The lowest BCUT2D eigenvalue weighted by atomic mass is 10.0. The van der Waals surface area contributed by atoms with E-state index in [-0.39, 0.29) is 11.4 Å². The lowest BCUT2D eigenvalue weighted by Crippen LogP contribution is -2.40. The zero-order valence-corrected chi connectivity index (χ0v) is 13.3. The van der Waals surface area contributed by atoms with Gasteiger partial charge in [-0.05, 0) is 43.0 Å². The molecule has 2 nitrogen and oxygen atoms in total. The number of amides is 1. The Balaban J connectivity index is 2.16. The molecular formula is C15H16BrNOS. The van der Waals surface area contributed by atoms with Gasteiger partial charge in [0.1, 0.15) is 0 Å². The normalized spacial score (nSPS) is 11.3. The number of hydrogen-bond acceptors (Lipinski definition) is 2. The largest absolute Gasteiger partial charge is 0.342 e. The van der Waals surface area contributed by atoms with Crippen LogP contribution in [0, 0.1) is 0 Å². The molecule has 0 saturated carbocycles. The van der Waals surface area contributed by atoms with Crippen molar-refractivity contribution in [1.82, 2.24) is 5.32 Å². The standard InChI is InChI=1S/C15H16BrNOS/c1-15(2,13-7-4-8-19-13)17-14(18)12-6-3-5-11(9-12)10-16/h3-9H,10H2,1-2H3,(H,17,18). The fourth-order valence-corrected chi connectivity index (χ4v) is 3.00. The van der Waals surface area contributed by atoms with E-state index < -0.39 is 0 Å². The van der Waals surface area contributed by atoms with Crippen molar-refractivity contribution in [3.8, 4) is 0 Å². The first kappa shape index (κ1) is 14.3. The average Bonchev–Trinajstić information content (AvgIpc) is 2.93. The molecule has 0 bridgehead atoms. The third-order valence-electron chi connectivity index (χ3n) is 2.91. The van der Waals surface area contributed by atoms with E-state index in [2.05, 4.69) is 21.2 Å². The number of rotatable bonds is 4. The van der Waals surface area contributed by atoms with Crippen LogP contribution in [-0.4, -0.2) is 5.91 Å². The quantitative estimate of drug-likeness (QED) is 0.827. The van der Waals surface area contributed by atoms with Crippen molar-refractivity contribution in [3.63, 3.8) is 0 Å². The van der Waals surface area contributed by atoms with Gasteiger partial charge in [0, 0.05) is 15.8 Å². The van der Waals surface area contributed by atoms with E-state index in [1.807, 2.05) is 55.6 Å². The Kier molecular flexibility index (Phi) is 4.42. The van der Waals surface area contributed by atoms with E-state index in [1.165, 1.54) is 0 Å². The van der Waals surface area contributed by atoms with Gasteiger partial charge in [0.05, 0.1) is 5.54 Å². The van der Waals surface area contributed by atoms with Crippen LogP contribution in [-0.2, 0) is 10.9 Å². The molecule has 1 amide bonds. The van der Waals surface area contributed by atoms with Crippen LogP contribution in [0.1, 0.15) is 34.6 Å². The maximum atomic E-state index is 12.3. The predicted molar refractivity (Wildman–Crippen MR) is 83.9 cm³/mol. The maximum Gasteiger partial charge on any atom is 0.251 e. The summed E-state index contributed by atoms with van der Waals surface area (Å²) in [5, 5.41) is 5.86. The first-order chi connectivity index (χ1) is 9.03. The minimum Gasteiger partial charge on any atom is -0.342 e. The highest BCUT2D eigenvalue weighted by Gasteiger charge is 2.24. The Bertz CT molecular complexity index is 563. The highest BCUT2D eigenvalue weighted by molar-refractivity contribution is 9.08. The molecular weight excluding hydrogens is 322 g/mol. The van der Waals surface area contributed by atoms with Crippen LogP contribution in [0.3, 0.4) is 0 Å². The van der Waals surface area contributed by atoms with Gasteiger partial charge in [-0.1, -0.05) is 34.1 Å². The number of carbonyl (C=O) groups excluding carboxylic acids is 1. The number of benzene rings is 1. The molecule has 2 aromatic rings. The lowest BCUT2D eigenvalue weighted by Gasteiger charge is -2.25. The molecule has 2 rings (SSSR count). The molecule has 0 aliphatic carbocycles. The summed E-state index contributed by atoms with van der Waals surface area (Å²) in [4.78, 5) is 13.5. The molecule has 0 aliphatic rings. The van der Waals surface area contributed by atoms with Crippen LogP contribution in [0.15, 0.2) is 41.8 Å². The van der Waals surface area contributed by atoms with E-state index in [9.17, 15) is 4.79 Å². The van der Waals surface area contributed by atoms with Crippen LogP contribution in [0.25, 0.3) is 0 Å². The molecule has 0 atom stereocenters. The summed E-state index contributed by atoms with van der Waals surface area (Å²) >= 11 is 5.06. The van der Waals surface area contributed by atoms with Gasteiger partial charge in [0.2, 0.25) is 0 Å². The van der Waals surface area contributed by atoms with Crippen molar-refractivity contribution >= 4 is 33.2 Å². The molecule has 1 aromatic heterocycles. The van der Waals surface area contributed by atoms with Crippen molar-refractivity contribution < 1.29 is 4.79 Å². The Morgan fingerprint density at radius 3 is 2.74 bits per heavy atom. The molecule has 0 saturated heterocycles. The zero-order valence-electron chi connectivity index (χ0n) is 10.9. The summed E-state index contributed by atoms with van der Waals surface area (Å²) in [5.74, 6) is -0.0406. The second kappa shape index (κ2) is 5.88. The molecule has 4 heteroatoms.